The molecule has 2 atom stereocenters. The molecule has 1 aliphatic heterocycles. The van der Waals surface area contributed by atoms with Crippen LogP contribution in [0.5, 0.6) is 0 Å². The first kappa shape index (κ1) is 21.0. The Morgan fingerprint density at radius 3 is 2.66 bits per heavy atom. The largest absolute Gasteiger partial charge is 0.452 e. The molecule has 0 unspecified atom stereocenters. The third kappa shape index (κ3) is 4.50. The van der Waals surface area contributed by atoms with Crippen molar-refractivity contribution in [2.75, 3.05) is 0 Å². The van der Waals surface area contributed by atoms with Crippen molar-refractivity contribution in [3.05, 3.63) is 107 Å². The average Bonchev–Trinajstić information content (AvgIpc) is 3.41. The third-order valence-corrected chi connectivity index (χ3v) is 6.73. The van der Waals surface area contributed by atoms with Crippen molar-refractivity contribution in [2.24, 2.45) is 0 Å². The van der Waals surface area contributed by atoms with E-state index in [2.05, 4.69) is 20.2 Å². The molecule has 0 amide bonds. The van der Waals surface area contributed by atoms with E-state index in [-0.39, 0.29) is 12.1 Å². The molecule has 4 aromatic rings. The molecular formula is C24H19ClN4OS2. The van der Waals surface area contributed by atoms with Gasteiger partial charge in [0.05, 0.1) is 11.7 Å². The normalized spacial score (nSPS) is 18.0. The summed E-state index contributed by atoms with van der Waals surface area (Å²) in [6.45, 7) is 0.619. The molecule has 1 saturated heterocycles. The number of rotatable bonds is 6. The van der Waals surface area contributed by atoms with Gasteiger partial charge in [0.15, 0.2) is 10.2 Å². The standard InChI is InChI=1S/C24H19ClN4OS2/c25-17-6-8-18(9-7-17)32-21-11-10-20(30-21)23-22(19-5-1-2-13-27-19)28-24(31)29(23)15-16-4-3-12-26-14-16/h1-14,22-23H,15H2,(H,28,31)/t22-,23-/m1/s1. The van der Waals surface area contributed by atoms with Gasteiger partial charge in [-0.15, -0.1) is 0 Å². The average molecular weight is 479 g/mol. The summed E-state index contributed by atoms with van der Waals surface area (Å²) in [6.07, 6.45) is 5.42. The quantitative estimate of drug-likeness (QED) is 0.338. The summed E-state index contributed by atoms with van der Waals surface area (Å²) >= 11 is 13.3. The van der Waals surface area contributed by atoms with Crippen molar-refractivity contribution in [1.29, 1.82) is 0 Å². The van der Waals surface area contributed by atoms with Crippen LogP contribution in [0.15, 0.2) is 99.7 Å². The van der Waals surface area contributed by atoms with Gasteiger partial charge < -0.3 is 14.6 Å². The van der Waals surface area contributed by atoms with Crippen LogP contribution in [0.1, 0.15) is 29.1 Å². The molecule has 160 valence electrons. The molecule has 0 bridgehead atoms. The molecule has 8 heteroatoms. The molecule has 3 aromatic heterocycles. The Kier molecular flexibility index (Phi) is 6.12. The Morgan fingerprint density at radius 2 is 1.91 bits per heavy atom. The molecule has 1 N–H and O–H groups in total. The second kappa shape index (κ2) is 9.32. The fourth-order valence-electron chi connectivity index (χ4n) is 3.74. The van der Waals surface area contributed by atoms with E-state index in [1.54, 1.807) is 24.2 Å². The monoisotopic (exact) mass is 478 g/mol. The van der Waals surface area contributed by atoms with Gasteiger partial charge in [0.1, 0.15) is 11.8 Å². The first-order valence-electron chi connectivity index (χ1n) is 10.1. The van der Waals surface area contributed by atoms with E-state index in [0.29, 0.717) is 16.7 Å². The van der Waals surface area contributed by atoms with Gasteiger partial charge in [-0.1, -0.05) is 35.5 Å². The van der Waals surface area contributed by atoms with Crippen molar-refractivity contribution in [2.45, 2.75) is 28.6 Å². The van der Waals surface area contributed by atoms with Crippen LogP contribution >= 0.6 is 35.6 Å². The van der Waals surface area contributed by atoms with Gasteiger partial charge in [-0.2, -0.15) is 0 Å². The highest BCUT2D eigenvalue weighted by Gasteiger charge is 2.41. The Bertz CT molecular complexity index is 1200. The lowest BCUT2D eigenvalue weighted by Gasteiger charge is -2.26. The molecule has 1 fully saturated rings. The zero-order chi connectivity index (χ0) is 21.9. The topological polar surface area (TPSA) is 54.2 Å². The fraction of sp³-hybridized carbons (Fsp3) is 0.125. The predicted molar refractivity (Wildman–Crippen MR) is 130 cm³/mol. The number of halogens is 1. The molecule has 32 heavy (non-hydrogen) atoms. The van der Waals surface area contributed by atoms with Crippen LogP contribution in [-0.2, 0) is 6.54 Å². The lowest BCUT2D eigenvalue weighted by atomic mass is 10.0. The Balaban J connectivity index is 1.47. The number of benzene rings is 1. The van der Waals surface area contributed by atoms with E-state index in [1.807, 2.05) is 72.9 Å². The SMILES string of the molecule is S=C1N[C@H](c2ccccn2)[C@@H](c2ccc(Sc3ccc(Cl)cc3)o2)N1Cc1cccnc1. The minimum Gasteiger partial charge on any atom is -0.452 e. The maximum Gasteiger partial charge on any atom is 0.170 e. The van der Waals surface area contributed by atoms with Gasteiger partial charge in [0.2, 0.25) is 0 Å². The van der Waals surface area contributed by atoms with Gasteiger partial charge in [0, 0.05) is 35.1 Å². The van der Waals surface area contributed by atoms with E-state index >= 15 is 0 Å². The Labute approximate surface area is 200 Å². The molecular weight excluding hydrogens is 460 g/mol. The molecule has 4 heterocycles. The van der Waals surface area contributed by atoms with Gasteiger partial charge in [-0.3, -0.25) is 9.97 Å². The van der Waals surface area contributed by atoms with Crippen molar-refractivity contribution in [1.82, 2.24) is 20.2 Å². The molecule has 0 radical (unpaired) electrons. The molecule has 1 aromatic carbocycles. The van der Waals surface area contributed by atoms with Crippen LogP contribution in [0.25, 0.3) is 0 Å². The number of aromatic nitrogens is 2. The van der Waals surface area contributed by atoms with Crippen molar-refractivity contribution in [3.63, 3.8) is 0 Å². The summed E-state index contributed by atoms with van der Waals surface area (Å²) < 4.78 is 6.32. The van der Waals surface area contributed by atoms with Gasteiger partial charge in [-0.05, 0) is 72.4 Å². The van der Waals surface area contributed by atoms with Crippen LogP contribution in [0.2, 0.25) is 5.02 Å². The molecule has 1 aliphatic rings. The van der Waals surface area contributed by atoms with E-state index in [9.17, 15) is 0 Å². The Morgan fingerprint density at radius 1 is 1.03 bits per heavy atom. The summed E-state index contributed by atoms with van der Waals surface area (Å²) in [4.78, 5) is 12.0. The summed E-state index contributed by atoms with van der Waals surface area (Å²) in [5.41, 5.74) is 1.99. The zero-order valence-corrected chi connectivity index (χ0v) is 19.3. The highest BCUT2D eigenvalue weighted by molar-refractivity contribution is 7.99. The highest BCUT2D eigenvalue weighted by atomic mass is 35.5. The maximum absolute atomic E-state index is 6.32. The summed E-state index contributed by atoms with van der Waals surface area (Å²) in [6, 6.07) is 21.3. The van der Waals surface area contributed by atoms with Gasteiger partial charge >= 0.3 is 0 Å². The van der Waals surface area contributed by atoms with E-state index in [0.717, 1.165) is 27.0 Å². The number of hydrogen-bond donors (Lipinski definition) is 1. The molecule has 5 nitrogen and oxygen atoms in total. The fourth-order valence-corrected chi connectivity index (χ4v) is 4.95. The molecule has 0 saturated carbocycles. The number of thiocarbonyl (C=S) groups is 1. The summed E-state index contributed by atoms with van der Waals surface area (Å²) in [7, 11) is 0. The van der Waals surface area contributed by atoms with Crippen LogP contribution in [-0.4, -0.2) is 20.0 Å². The number of nitrogens with one attached hydrogen (secondary N) is 1. The van der Waals surface area contributed by atoms with Crippen LogP contribution in [0.3, 0.4) is 0 Å². The van der Waals surface area contributed by atoms with Crippen molar-refractivity contribution in [3.8, 4) is 0 Å². The number of nitrogens with zero attached hydrogens (tertiary/aromatic N) is 3. The third-order valence-electron chi connectivity index (χ3n) is 5.20. The number of pyridine rings is 2. The lowest BCUT2D eigenvalue weighted by molar-refractivity contribution is 0.254. The molecule has 0 spiro atoms. The smallest absolute Gasteiger partial charge is 0.170 e. The van der Waals surface area contributed by atoms with E-state index in [4.69, 9.17) is 28.2 Å². The second-order valence-corrected chi connectivity index (χ2v) is 9.23. The first-order chi connectivity index (χ1) is 15.7. The minimum atomic E-state index is -0.142. The highest BCUT2D eigenvalue weighted by Crippen LogP contribution is 2.41. The predicted octanol–water partition coefficient (Wildman–Crippen LogP) is 6.05. The van der Waals surface area contributed by atoms with E-state index in [1.165, 1.54) is 0 Å². The zero-order valence-electron chi connectivity index (χ0n) is 16.9. The number of furan rings is 1. The molecule has 5 rings (SSSR count). The van der Waals surface area contributed by atoms with Crippen LogP contribution < -0.4 is 5.32 Å². The maximum atomic E-state index is 6.32. The van der Waals surface area contributed by atoms with Crippen LogP contribution in [0, 0.1) is 0 Å². The number of hydrogen-bond acceptors (Lipinski definition) is 5. The van der Waals surface area contributed by atoms with Crippen molar-refractivity contribution < 1.29 is 4.42 Å². The van der Waals surface area contributed by atoms with Gasteiger partial charge in [0.25, 0.3) is 0 Å². The summed E-state index contributed by atoms with van der Waals surface area (Å²) in [5, 5.41) is 5.63. The van der Waals surface area contributed by atoms with Crippen LogP contribution in [0.4, 0.5) is 0 Å². The second-order valence-electron chi connectivity index (χ2n) is 7.33. The van der Waals surface area contributed by atoms with E-state index < -0.39 is 0 Å². The summed E-state index contributed by atoms with van der Waals surface area (Å²) in [5.74, 6) is 0.827. The first-order valence-corrected chi connectivity index (χ1v) is 11.7. The minimum absolute atomic E-state index is 0.125. The Hall–Kier alpha value is -2.87. The van der Waals surface area contributed by atoms with Crippen molar-refractivity contribution >= 4 is 40.7 Å². The molecule has 0 aliphatic carbocycles. The van der Waals surface area contributed by atoms with Gasteiger partial charge in [-0.25, -0.2) is 0 Å². The lowest BCUT2D eigenvalue weighted by Crippen LogP contribution is -2.29.